The van der Waals surface area contributed by atoms with Gasteiger partial charge in [0, 0.05) is 51.9 Å². The molecule has 21 heavy (non-hydrogen) atoms. The zero-order chi connectivity index (χ0) is 14.7. The summed E-state index contributed by atoms with van der Waals surface area (Å²) < 4.78 is 5.44. The molecular weight excluding hydrogens is 266 g/mol. The van der Waals surface area contributed by atoms with Gasteiger partial charge in [-0.25, -0.2) is 0 Å². The second-order valence-corrected chi connectivity index (χ2v) is 5.87. The van der Waals surface area contributed by atoms with Crippen LogP contribution >= 0.6 is 0 Å². The number of ether oxygens (including phenoxy) is 1. The van der Waals surface area contributed by atoms with Crippen LogP contribution in [-0.4, -0.2) is 66.8 Å². The smallest absolute Gasteiger partial charge is 0.161 e. The highest BCUT2D eigenvalue weighted by molar-refractivity contribution is 5.41. The van der Waals surface area contributed by atoms with Crippen LogP contribution in [0, 0.1) is 0 Å². The summed E-state index contributed by atoms with van der Waals surface area (Å²) in [5.41, 5.74) is 1.20. The molecule has 2 aliphatic heterocycles. The first-order valence-corrected chi connectivity index (χ1v) is 7.88. The Morgan fingerprint density at radius 1 is 1.29 bits per heavy atom. The fraction of sp³-hybridized carbons (Fsp3) is 0.625. The first-order valence-electron chi connectivity index (χ1n) is 7.88. The lowest BCUT2D eigenvalue weighted by atomic mass is 10.0. The Bertz CT molecular complexity index is 469. The number of nitrogens with one attached hydrogen (secondary N) is 1. The SMILES string of the molecule is CCOc1cc(CN2CC(N3CCNCC3)C2)ccc1O. The molecule has 0 bridgehead atoms. The van der Waals surface area contributed by atoms with E-state index in [9.17, 15) is 5.11 Å². The second kappa shape index (κ2) is 6.64. The van der Waals surface area contributed by atoms with Crippen molar-refractivity contribution in [2.75, 3.05) is 45.9 Å². The third kappa shape index (κ3) is 3.48. The molecule has 2 saturated heterocycles. The van der Waals surface area contributed by atoms with Gasteiger partial charge in [-0.05, 0) is 24.6 Å². The van der Waals surface area contributed by atoms with E-state index in [1.54, 1.807) is 6.07 Å². The lowest BCUT2D eigenvalue weighted by Gasteiger charge is -2.46. The van der Waals surface area contributed by atoms with Crippen LogP contribution in [0.5, 0.6) is 11.5 Å². The molecule has 116 valence electrons. The van der Waals surface area contributed by atoms with E-state index < -0.39 is 0 Å². The van der Waals surface area contributed by atoms with Gasteiger partial charge in [-0.1, -0.05) is 6.07 Å². The summed E-state index contributed by atoms with van der Waals surface area (Å²) >= 11 is 0. The normalized spacial score (nSPS) is 21.2. The molecule has 3 rings (SSSR count). The summed E-state index contributed by atoms with van der Waals surface area (Å²) in [6.07, 6.45) is 0. The Hall–Kier alpha value is -1.30. The number of likely N-dealkylation sites (tertiary alicyclic amines) is 1. The van der Waals surface area contributed by atoms with Crippen LogP contribution in [0.25, 0.3) is 0 Å². The molecule has 0 aliphatic carbocycles. The minimum absolute atomic E-state index is 0.225. The fourth-order valence-corrected chi connectivity index (χ4v) is 3.14. The predicted molar refractivity (Wildman–Crippen MR) is 82.8 cm³/mol. The van der Waals surface area contributed by atoms with Crippen LogP contribution in [0.4, 0.5) is 0 Å². The summed E-state index contributed by atoms with van der Waals surface area (Å²) in [5, 5.41) is 13.1. The summed E-state index contributed by atoms with van der Waals surface area (Å²) in [4.78, 5) is 5.05. The number of phenolic OH excluding ortho intramolecular Hbond substituents is 1. The maximum atomic E-state index is 9.73. The van der Waals surface area contributed by atoms with Gasteiger partial charge in [0.25, 0.3) is 0 Å². The fourth-order valence-electron chi connectivity index (χ4n) is 3.14. The van der Waals surface area contributed by atoms with Crippen LogP contribution in [-0.2, 0) is 6.54 Å². The Kier molecular flexibility index (Phi) is 4.63. The van der Waals surface area contributed by atoms with Crippen molar-refractivity contribution in [2.45, 2.75) is 19.5 Å². The number of benzene rings is 1. The third-order valence-electron chi connectivity index (χ3n) is 4.34. The summed E-state index contributed by atoms with van der Waals surface area (Å²) in [7, 11) is 0. The molecule has 1 aromatic rings. The Morgan fingerprint density at radius 2 is 2.05 bits per heavy atom. The van der Waals surface area contributed by atoms with E-state index in [0.29, 0.717) is 12.4 Å². The van der Waals surface area contributed by atoms with Gasteiger partial charge < -0.3 is 15.2 Å². The molecule has 0 amide bonds. The molecule has 5 heteroatoms. The minimum Gasteiger partial charge on any atom is -0.504 e. The molecular formula is C16H25N3O2. The summed E-state index contributed by atoms with van der Waals surface area (Å²) in [5.74, 6) is 0.817. The monoisotopic (exact) mass is 291 g/mol. The quantitative estimate of drug-likeness (QED) is 0.843. The Balaban J connectivity index is 1.51. The maximum Gasteiger partial charge on any atom is 0.161 e. The predicted octanol–water partition coefficient (Wildman–Crippen LogP) is 0.880. The first kappa shape index (κ1) is 14.6. The Labute approximate surface area is 126 Å². The highest BCUT2D eigenvalue weighted by Crippen LogP contribution is 2.28. The number of hydrogen-bond acceptors (Lipinski definition) is 5. The third-order valence-corrected chi connectivity index (χ3v) is 4.34. The lowest BCUT2D eigenvalue weighted by Crippen LogP contribution is -2.62. The molecule has 0 saturated carbocycles. The number of nitrogens with zero attached hydrogens (tertiary/aromatic N) is 2. The van der Waals surface area contributed by atoms with E-state index in [4.69, 9.17) is 4.74 Å². The standard InChI is InChI=1S/C16H25N3O2/c1-2-21-16-9-13(3-4-15(16)20)10-18-11-14(12-18)19-7-5-17-6-8-19/h3-4,9,14,17,20H,2,5-8,10-12H2,1H3. The molecule has 0 spiro atoms. The minimum atomic E-state index is 0.225. The van der Waals surface area contributed by atoms with E-state index in [-0.39, 0.29) is 5.75 Å². The zero-order valence-corrected chi connectivity index (χ0v) is 12.7. The van der Waals surface area contributed by atoms with Crippen LogP contribution in [0.3, 0.4) is 0 Å². The van der Waals surface area contributed by atoms with E-state index in [2.05, 4.69) is 15.1 Å². The van der Waals surface area contributed by atoms with E-state index in [1.807, 2.05) is 19.1 Å². The number of rotatable bonds is 5. The van der Waals surface area contributed by atoms with Gasteiger partial charge in [-0.15, -0.1) is 0 Å². The van der Waals surface area contributed by atoms with Crippen molar-refractivity contribution in [2.24, 2.45) is 0 Å². The molecule has 2 aliphatic rings. The molecule has 2 N–H and O–H groups in total. The molecule has 5 nitrogen and oxygen atoms in total. The van der Waals surface area contributed by atoms with E-state index in [1.165, 1.54) is 18.7 Å². The number of hydrogen-bond donors (Lipinski definition) is 2. The van der Waals surface area contributed by atoms with Crippen molar-refractivity contribution in [1.82, 2.24) is 15.1 Å². The summed E-state index contributed by atoms with van der Waals surface area (Å²) in [6, 6.07) is 6.39. The zero-order valence-electron chi connectivity index (χ0n) is 12.7. The van der Waals surface area contributed by atoms with Crippen molar-refractivity contribution < 1.29 is 9.84 Å². The number of piperazine rings is 1. The van der Waals surface area contributed by atoms with Crippen molar-refractivity contribution in [3.63, 3.8) is 0 Å². The lowest BCUT2D eigenvalue weighted by molar-refractivity contribution is 0.0222. The Morgan fingerprint density at radius 3 is 2.76 bits per heavy atom. The van der Waals surface area contributed by atoms with Gasteiger partial charge in [0.2, 0.25) is 0 Å². The van der Waals surface area contributed by atoms with Crippen LogP contribution < -0.4 is 10.1 Å². The molecule has 0 radical (unpaired) electrons. The van der Waals surface area contributed by atoms with E-state index >= 15 is 0 Å². The molecule has 2 fully saturated rings. The van der Waals surface area contributed by atoms with Crippen molar-refractivity contribution in [3.8, 4) is 11.5 Å². The van der Waals surface area contributed by atoms with Gasteiger partial charge in [-0.3, -0.25) is 9.80 Å². The number of phenols is 1. The van der Waals surface area contributed by atoms with Gasteiger partial charge in [0.15, 0.2) is 11.5 Å². The van der Waals surface area contributed by atoms with E-state index in [0.717, 1.165) is 38.8 Å². The van der Waals surface area contributed by atoms with Crippen molar-refractivity contribution in [1.29, 1.82) is 0 Å². The second-order valence-electron chi connectivity index (χ2n) is 5.87. The topological polar surface area (TPSA) is 48.0 Å². The van der Waals surface area contributed by atoms with Crippen LogP contribution in [0.2, 0.25) is 0 Å². The van der Waals surface area contributed by atoms with Crippen LogP contribution in [0.15, 0.2) is 18.2 Å². The largest absolute Gasteiger partial charge is 0.504 e. The average molecular weight is 291 g/mol. The first-order chi connectivity index (χ1) is 10.3. The highest BCUT2D eigenvalue weighted by Gasteiger charge is 2.32. The van der Waals surface area contributed by atoms with Gasteiger partial charge in [0.1, 0.15) is 0 Å². The maximum absolute atomic E-state index is 9.73. The number of aromatic hydroxyl groups is 1. The van der Waals surface area contributed by atoms with Gasteiger partial charge >= 0.3 is 0 Å². The highest BCUT2D eigenvalue weighted by atomic mass is 16.5. The molecule has 0 unspecified atom stereocenters. The molecule has 0 atom stereocenters. The average Bonchev–Trinajstić information content (AvgIpc) is 2.47. The molecule has 2 heterocycles. The van der Waals surface area contributed by atoms with Gasteiger partial charge in [0.05, 0.1) is 6.61 Å². The molecule has 1 aromatic carbocycles. The summed E-state index contributed by atoms with van der Waals surface area (Å²) in [6.45, 7) is 10.3. The molecule has 0 aromatic heterocycles. The van der Waals surface area contributed by atoms with Gasteiger partial charge in [-0.2, -0.15) is 0 Å². The van der Waals surface area contributed by atoms with Crippen molar-refractivity contribution >= 4 is 0 Å². The van der Waals surface area contributed by atoms with Crippen molar-refractivity contribution in [3.05, 3.63) is 23.8 Å². The van der Waals surface area contributed by atoms with Crippen LogP contribution in [0.1, 0.15) is 12.5 Å².